The van der Waals surface area contributed by atoms with E-state index in [1.54, 1.807) is 7.05 Å². The summed E-state index contributed by atoms with van der Waals surface area (Å²) in [5, 5.41) is 35.2. The van der Waals surface area contributed by atoms with Crippen LogP contribution in [0.3, 0.4) is 0 Å². The van der Waals surface area contributed by atoms with Crippen LogP contribution in [0.4, 0.5) is 11.8 Å². The predicted molar refractivity (Wildman–Crippen MR) is 151 cm³/mol. The molecule has 6 heterocycles. The van der Waals surface area contributed by atoms with Crippen molar-refractivity contribution in [3.05, 3.63) is 29.3 Å². The highest BCUT2D eigenvalue weighted by molar-refractivity contribution is 7.47. The number of phosphoric acid groups is 1. The first-order chi connectivity index (χ1) is 21.9. The van der Waals surface area contributed by atoms with Gasteiger partial charge in [0.15, 0.2) is 35.1 Å². The molecule has 4 aromatic rings. The van der Waals surface area contributed by atoms with Crippen LogP contribution in [0.25, 0.3) is 22.3 Å². The summed E-state index contributed by atoms with van der Waals surface area (Å²) < 4.78 is 53.3. The molecule has 0 amide bonds. The van der Waals surface area contributed by atoms with Crippen LogP contribution in [-0.4, -0.2) is 121 Å². The van der Waals surface area contributed by atoms with Crippen molar-refractivity contribution in [2.24, 2.45) is 0 Å². The van der Waals surface area contributed by atoms with Crippen molar-refractivity contribution in [3.63, 3.8) is 0 Å². The number of H-pyrrole nitrogens is 1. The maximum absolute atomic E-state index is 13.1. The molecule has 2 saturated heterocycles. The second-order valence-corrected chi connectivity index (χ2v) is 12.3. The number of imidazole rings is 2. The van der Waals surface area contributed by atoms with E-state index in [2.05, 4.69) is 39.7 Å². The van der Waals surface area contributed by atoms with Gasteiger partial charge in [-0.1, -0.05) is 0 Å². The third-order valence-corrected chi connectivity index (χ3v) is 8.67. The predicted octanol–water partition coefficient (Wildman–Crippen LogP) is -2.64. The van der Waals surface area contributed by atoms with E-state index in [1.807, 2.05) is 0 Å². The molecule has 2 fully saturated rings. The van der Waals surface area contributed by atoms with Gasteiger partial charge in [0, 0.05) is 7.05 Å². The molecule has 250 valence electrons. The molecule has 2 aliphatic rings. The van der Waals surface area contributed by atoms with Crippen molar-refractivity contribution in [2.75, 3.05) is 31.3 Å². The van der Waals surface area contributed by atoms with E-state index >= 15 is 0 Å². The first-order valence-corrected chi connectivity index (χ1v) is 16.1. The summed E-state index contributed by atoms with van der Waals surface area (Å²) in [6.45, 7) is -1.41. The van der Waals surface area contributed by atoms with Gasteiger partial charge < -0.3 is 50.2 Å². The number of rotatable bonds is 11. The van der Waals surface area contributed by atoms with Crippen LogP contribution >= 0.6 is 16.1 Å². The number of nitrogens with one attached hydrogen (secondary N) is 2. The molecule has 9 N–H and O–H groups in total. The molecule has 2 aliphatic heterocycles. The van der Waals surface area contributed by atoms with E-state index in [9.17, 15) is 34.1 Å². The summed E-state index contributed by atoms with van der Waals surface area (Å²) in [4.78, 5) is 54.6. The van der Waals surface area contributed by atoms with Gasteiger partial charge in [0.25, 0.3) is 5.56 Å². The molecule has 0 spiro atoms. The third kappa shape index (κ3) is 6.03. The lowest BCUT2D eigenvalue weighted by Crippen LogP contribution is -2.36. The van der Waals surface area contributed by atoms with Crippen LogP contribution in [0.1, 0.15) is 12.5 Å². The summed E-state index contributed by atoms with van der Waals surface area (Å²) >= 11 is 0. The van der Waals surface area contributed by atoms with Crippen molar-refractivity contribution in [3.8, 4) is 0 Å². The second kappa shape index (κ2) is 12.6. The van der Waals surface area contributed by atoms with Crippen LogP contribution in [-0.2, 0) is 32.2 Å². The Balaban J connectivity index is 1.20. The fourth-order valence-corrected chi connectivity index (χ4v) is 6.39. The Bertz CT molecular complexity index is 1870. The van der Waals surface area contributed by atoms with E-state index in [0.29, 0.717) is 11.3 Å². The minimum absolute atomic E-state index is 0.139. The number of nitrogen functional groups attached to an aromatic ring is 1. The van der Waals surface area contributed by atoms with Gasteiger partial charge in [0.1, 0.15) is 48.5 Å². The molecule has 0 aromatic carbocycles. The van der Waals surface area contributed by atoms with Crippen LogP contribution in [0, 0.1) is 0 Å². The standard InChI is InChI=1S/C21H28N10O13P2/c1-23-15-9-16(25-4-24-15)30(5-26-9)19-13(34)11(32)8(42-19)3-41-46(38,39)44-14-12(33)7(2-40-45(36)37)43-20(14)31-6-27-10-17(31)28-21(22)29-18(10)35/h4-8,11-14,19-20,32-34,45H,2-3H2,1H3,(H,36,37)(H,38,39)(H,23,24,25)(H3,22,28,29,35)/t7-,8-,11-,12-,13-,14-,19-,20-/m1/s1. The minimum Gasteiger partial charge on any atom is -0.387 e. The van der Waals surface area contributed by atoms with Crippen molar-refractivity contribution < 1.29 is 57.3 Å². The molecule has 6 rings (SSSR count). The molecule has 0 saturated carbocycles. The normalized spacial score (nSPS) is 30.2. The summed E-state index contributed by atoms with van der Waals surface area (Å²) in [7, 11) is -6.97. The maximum atomic E-state index is 13.1. The molecule has 0 aliphatic carbocycles. The molecular weight excluding hydrogens is 662 g/mol. The van der Waals surface area contributed by atoms with Crippen LogP contribution in [0.2, 0.25) is 0 Å². The quantitative estimate of drug-likeness (QED) is 0.0746. The van der Waals surface area contributed by atoms with Gasteiger partial charge in [-0.25, -0.2) is 24.5 Å². The molecule has 25 heteroatoms. The molecule has 46 heavy (non-hydrogen) atoms. The summed E-state index contributed by atoms with van der Waals surface area (Å²) in [6.07, 6.45) is -8.44. The first kappa shape index (κ1) is 32.5. The Morgan fingerprint density at radius 2 is 1.70 bits per heavy atom. The van der Waals surface area contributed by atoms with Gasteiger partial charge in [-0.15, -0.1) is 0 Å². The van der Waals surface area contributed by atoms with E-state index in [1.165, 1.54) is 17.2 Å². The molecule has 10 atom stereocenters. The van der Waals surface area contributed by atoms with Gasteiger partial charge in [-0.3, -0.25) is 32.5 Å². The number of anilines is 2. The van der Waals surface area contributed by atoms with Crippen LogP contribution < -0.4 is 16.6 Å². The fraction of sp³-hybridized carbons (Fsp3) is 0.524. The van der Waals surface area contributed by atoms with Gasteiger partial charge in [0.05, 0.1) is 25.9 Å². The van der Waals surface area contributed by atoms with Crippen LogP contribution in [0.15, 0.2) is 23.8 Å². The van der Waals surface area contributed by atoms with Crippen molar-refractivity contribution in [2.45, 2.75) is 49.1 Å². The molecule has 4 aromatic heterocycles. The topological polar surface area (TPSA) is 327 Å². The van der Waals surface area contributed by atoms with Gasteiger partial charge >= 0.3 is 16.1 Å². The molecule has 0 radical (unpaired) electrons. The second-order valence-electron chi connectivity index (χ2n) is 10.1. The fourth-order valence-electron chi connectivity index (χ4n) is 5.15. The molecule has 23 nitrogen and oxygen atoms in total. The third-order valence-electron chi connectivity index (χ3n) is 7.27. The number of aliphatic hydroxyl groups is 3. The van der Waals surface area contributed by atoms with Crippen LogP contribution in [0.5, 0.6) is 0 Å². The van der Waals surface area contributed by atoms with E-state index < -0.39 is 83.9 Å². The Morgan fingerprint density at radius 3 is 2.41 bits per heavy atom. The Labute approximate surface area is 256 Å². The Morgan fingerprint density at radius 1 is 1.02 bits per heavy atom. The highest BCUT2D eigenvalue weighted by Gasteiger charge is 2.51. The highest BCUT2D eigenvalue weighted by atomic mass is 31.2. The molecular formula is C21H28N10O13P2. The largest absolute Gasteiger partial charge is 0.472 e. The zero-order chi connectivity index (χ0) is 32.9. The number of nitrogens with zero attached hydrogens (tertiary/aromatic N) is 7. The monoisotopic (exact) mass is 690 g/mol. The van der Waals surface area contributed by atoms with Gasteiger partial charge in [0.2, 0.25) is 5.95 Å². The Kier molecular flexibility index (Phi) is 8.93. The number of fused-ring (bicyclic) bond motifs is 2. The maximum Gasteiger partial charge on any atom is 0.472 e. The van der Waals surface area contributed by atoms with Crippen molar-refractivity contribution in [1.82, 2.24) is 39.0 Å². The lowest BCUT2D eigenvalue weighted by molar-refractivity contribution is -0.0609. The lowest BCUT2D eigenvalue weighted by Gasteiger charge is -2.25. The van der Waals surface area contributed by atoms with E-state index in [4.69, 9.17) is 29.1 Å². The van der Waals surface area contributed by atoms with Crippen molar-refractivity contribution in [1.29, 1.82) is 0 Å². The molecule has 2 unspecified atom stereocenters. The summed E-state index contributed by atoms with van der Waals surface area (Å²) in [6, 6.07) is 0. The number of hydrogen-bond acceptors (Lipinski definition) is 18. The van der Waals surface area contributed by atoms with Gasteiger partial charge in [-0.05, 0) is 0 Å². The number of phosphoric ester groups is 1. The van der Waals surface area contributed by atoms with Crippen molar-refractivity contribution >= 4 is 50.2 Å². The molecule has 0 bridgehead atoms. The van der Waals surface area contributed by atoms with E-state index in [0.717, 1.165) is 10.9 Å². The number of hydrogen-bond donors (Lipinski definition) is 8. The highest BCUT2D eigenvalue weighted by Crippen LogP contribution is 2.50. The first-order valence-electron chi connectivity index (χ1n) is 13.3. The average molecular weight is 690 g/mol. The average Bonchev–Trinajstić information content (AvgIpc) is 3.76. The minimum atomic E-state index is -5.14. The number of ether oxygens (including phenoxy) is 2. The number of aliphatic hydroxyl groups excluding tert-OH is 3. The Hall–Kier alpha value is -3.44. The van der Waals surface area contributed by atoms with Gasteiger partial charge in [-0.2, -0.15) is 4.98 Å². The van der Waals surface area contributed by atoms with E-state index in [-0.39, 0.29) is 22.8 Å². The zero-order valence-corrected chi connectivity index (χ0v) is 25.3. The SMILES string of the molecule is CNc1ncnc2c1ncn2[C@@H]1O[C@H](COP(=O)(O)O[C@@H]2[C@H](O)[C@@H](CO[PH](=O)O)O[C@H]2n2cnc3c(=O)[nH]c(N)nc32)[C@@H](O)[C@H]1O. The number of aromatic nitrogens is 8. The number of nitrogens with two attached hydrogens (primary N) is 1. The zero-order valence-electron chi connectivity index (χ0n) is 23.4. The lowest BCUT2D eigenvalue weighted by atomic mass is 10.1. The number of aromatic amines is 1. The summed E-state index contributed by atoms with van der Waals surface area (Å²) in [5.41, 5.74) is 5.24. The smallest absolute Gasteiger partial charge is 0.387 e. The summed E-state index contributed by atoms with van der Waals surface area (Å²) in [5.74, 6) is 0.111.